The van der Waals surface area contributed by atoms with Gasteiger partial charge in [0.05, 0.1) is 0 Å². The summed E-state index contributed by atoms with van der Waals surface area (Å²) in [5.74, 6) is 0.975. The van der Waals surface area contributed by atoms with E-state index in [0.717, 1.165) is 11.5 Å². The first-order chi connectivity index (χ1) is 5.58. The smallest absolute Gasteiger partial charge is 0.126 e. The monoisotopic (exact) mass is 166 g/mol. The predicted octanol–water partition coefficient (Wildman–Crippen LogP) is 2.76. The van der Waals surface area contributed by atoms with E-state index in [1.165, 1.54) is 5.56 Å². The molecule has 0 amide bonds. The Morgan fingerprint density at radius 2 is 2.00 bits per heavy atom. The molecule has 0 unspecified atom stereocenters. The molecule has 68 valence electrons. The summed E-state index contributed by atoms with van der Waals surface area (Å²) in [7, 11) is 0. The van der Waals surface area contributed by atoms with Crippen LogP contribution in [-0.4, -0.2) is 11.0 Å². The van der Waals surface area contributed by atoms with Crippen molar-refractivity contribution in [3.05, 3.63) is 23.4 Å². The lowest BCUT2D eigenvalue weighted by Gasteiger charge is -2.09. The summed E-state index contributed by atoms with van der Waals surface area (Å²) in [4.78, 5) is 4.36. The van der Waals surface area contributed by atoms with Gasteiger partial charge in [0.2, 0.25) is 0 Å². The van der Waals surface area contributed by atoms with E-state index < -0.39 is 0 Å². The van der Waals surface area contributed by atoms with Crippen LogP contribution in [0.25, 0.3) is 0 Å². The molecular weight excluding hydrogens is 148 g/mol. The van der Waals surface area contributed by atoms with Crippen LogP contribution in [-0.2, 0) is 0 Å². The minimum Gasteiger partial charge on any atom is -0.368 e. The third kappa shape index (κ3) is 2.53. The molecule has 0 aromatic carbocycles. The zero-order valence-corrected chi connectivity index (χ0v) is 8.18. The normalized spacial score (nSPS) is 10.4. The van der Waals surface area contributed by atoms with Gasteiger partial charge in [0, 0.05) is 13.2 Å². The zero-order chi connectivity index (χ0) is 9.14. The molecule has 1 aromatic heterocycles. The Morgan fingerprint density at radius 1 is 1.33 bits per heavy atom. The standard InChI is InChI=1S/C10H16N2.H2/c1-7(2)11-10-6-8(3)5-9(4)12-10;/h5-7H,1-4H3,(H,11,12);1H. The molecule has 12 heavy (non-hydrogen) atoms. The molecular formula is C10H18N2. The highest BCUT2D eigenvalue weighted by Gasteiger charge is 1.97. The fraction of sp³-hybridized carbons (Fsp3) is 0.500. The van der Waals surface area contributed by atoms with Crippen molar-refractivity contribution in [2.45, 2.75) is 33.7 Å². The Morgan fingerprint density at radius 3 is 2.50 bits per heavy atom. The van der Waals surface area contributed by atoms with Crippen LogP contribution in [0.1, 0.15) is 26.5 Å². The van der Waals surface area contributed by atoms with Crippen LogP contribution in [0.3, 0.4) is 0 Å². The van der Waals surface area contributed by atoms with Gasteiger partial charge in [0.1, 0.15) is 5.82 Å². The van der Waals surface area contributed by atoms with Crippen molar-refractivity contribution in [3.63, 3.8) is 0 Å². The quantitative estimate of drug-likeness (QED) is 0.730. The Balaban J connectivity index is 0.00000144. The number of nitrogens with zero attached hydrogens (tertiary/aromatic N) is 1. The molecule has 0 saturated carbocycles. The Labute approximate surface area is 75.5 Å². The largest absolute Gasteiger partial charge is 0.368 e. The van der Waals surface area contributed by atoms with Crippen molar-refractivity contribution in [3.8, 4) is 0 Å². The summed E-state index contributed by atoms with van der Waals surface area (Å²) in [5.41, 5.74) is 2.32. The van der Waals surface area contributed by atoms with E-state index in [2.05, 4.69) is 43.2 Å². The van der Waals surface area contributed by atoms with E-state index in [1.54, 1.807) is 0 Å². The second-order valence-electron chi connectivity index (χ2n) is 3.47. The summed E-state index contributed by atoms with van der Waals surface area (Å²) in [5, 5.41) is 3.28. The van der Waals surface area contributed by atoms with Gasteiger partial charge in [-0.15, -0.1) is 0 Å². The molecule has 1 N–H and O–H groups in total. The maximum Gasteiger partial charge on any atom is 0.126 e. The van der Waals surface area contributed by atoms with Gasteiger partial charge in [-0.2, -0.15) is 0 Å². The topological polar surface area (TPSA) is 24.9 Å². The minimum absolute atomic E-state index is 0. The van der Waals surface area contributed by atoms with E-state index in [0.29, 0.717) is 6.04 Å². The van der Waals surface area contributed by atoms with Crippen LogP contribution in [0.15, 0.2) is 12.1 Å². The highest BCUT2D eigenvalue weighted by Crippen LogP contribution is 2.09. The number of hydrogen-bond acceptors (Lipinski definition) is 2. The van der Waals surface area contributed by atoms with Crippen LogP contribution in [0.2, 0.25) is 0 Å². The molecule has 2 heteroatoms. The molecule has 0 aliphatic rings. The molecule has 0 atom stereocenters. The first kappa shape index (κ1) is 9.04. The lowest BCUT2D eigenvalue weighted by Crippen LogP contribution is -2.11. The molecule has 0 fully saturated rings. The molecule has 1 heterocycles. The molecule has 2 nitrogen and oxygen atoms in total. The fourth-order valence-electron chi connectivity index (χ4n) is 1.21. The van der Waals surface area contributed by atoms with Crippen molar-refractivity contribution >= 4 is 5.82 Å². The van der Waals surface area contributed by atoms with Crippen LogP contribution in [0, 0.1) is 13.8 Å². The zero-order valence-electron chi connectivity index (χ0n) is 8.18. The first-order valence-electron chi connectivity index (χ1n) is 4.30. The van der Waals surface area contributed by atoms with Crippen LogP contribution in [0.4, 0.5) is 5.82 Å². The van der Waals surface area contributed by atoms with E-state index >= 15 is 0 Å². The molecule has 1 aromatic rings. The van der Waals surface area contributed by atoms with Gasteiger partial charge in [-0.05, 0) is 45.4 Å². The van der Waals surface area contributed by atoms with E-state index in [1.807, 2.05) is 6.92 Å². The maximum absolute atomic E-state index is 4.36. The molecule has 0 aliphatic heterocycles. The molecule has 1 rings (SSSR count). The lowest BCUT2D eigenvalue weighted by atomic mass is 10.2. The number of pyridine rings is 1. The van der Waals surface area contributed by atoms with Gasteiger partial charge in [-0.1, -0.05) is 0 Å². The van der Waals surface area contributed by atoms with Crippen molar-refractivity contribution < 1.29 is 1.43 Å². The maximum atomic E-state index is 4.36. The van der Waals surface area contributed by atoms with Crippen LogP contribution >= 0.6 is 0 Å². The molecule has 0 spiro atoms. The third-order valence-corrected chi connectivity index (χ3v) is 1.53. The Bertz CT molecular complexity index is 251. The van der Waals surface area contributed by atoms with Gasteiger partial charge >= 0.3 is 0 Å². The average Bonchev–Trinajstić information content (AvgIpc) is 1.81. The summed E-state index contributed by atoms with van der Waals surface area (Å²) in [6, 6.07) is 4.58. The van der Waals surface area contributed by atoms with Gasteiger partial charge < -0.3 is 5.32 Å². The molecule has 0 saturated heterocycles. The number of aromatic nitrogens is 1. The predicted molar refractivity (Wildman–Crippen MR) is 54.6 cm³/mol. The van der Waals surface area contributed by atoms with E-state index in [-0.39, 0.29) is 1.43 Å². The second-order valence-corrected chi connectivity index (χ2v) is 3.47. The van der Waals surface area contributed by atoms with Gasteiger partial charge in [0.15, 0.2) is 0 Å². The number of aryl methyl sites for hydroxylation is 2. The highest BCUT2D eigenvalue weighted by atomic mass is 15.0. The highest BCUT2D eigenvalue weighted by molar-refractivity contribution is 5.39. The van der Waals surface area contributed by atoms with E-state index in [4.69, 9.17) is 0 Å². The SMILES string of the molecule is Cc1cc(C)nc(NC(C)C)c1.[HH]. The number of hydrogen-bond donors (Lipinski definition) is 1. The third-order valence-electron chi connectivity index (χ3n) is 1.53. The summed E-state index contributed by atoms with van der Waals surface area (Å²) < 4.78 is 0. The summed E-state index contributed by atoms with van der Waals surface area (Å²) in [6.07, 6.45) is 0. The Hall–Kier alpha value is -1.05. The second kappa shape index (κ2) is 3.57. The van der Waals surface area contributed by atoms with Crippen LogP contribution < -0.4 is 5.32 Å². The summed E-state index contributed by atoms with van der Waals surface area (Å²) >= 11 is 0. The number of rotatable bonds is 2. The van der Waals surface area contributed by atoms with Gasteiger partial charge in [-0.3, -0.25) is 0 Å². The van der Waals surface area contributed by atoms with Crippen LogP contribution in [0.5, 0.6) is 0 Å². The Kier molecular flexibility index (Phi) is 2.69. The molecule has 0 aliphatic carbocycles. The molecule has 0 radical (unpaired) electrons. The van der Waals surface area contributed by atoms with Crippen molar-refractivity contribution in [2.75, 3.05) is 5.32 Å². The fourth-order valence-corrected chi connectivity index (χ4v) is 1.21. The minimum atomic E-state index is 0. The van der Waals surface area contributed by atoms with Crippen molar-refractivity contribution in [1.29, 1.82) is 0 Å². The van der Waals surface area contributed by atoms with Gasteiger partial charge in [-0.25, -0.2) is 4.98 Å². The average molecular weight is 166 g/mol. The number of nitrogens with one attached hydrogen (secondary N) is 1. The van der Waals surface area contributed by atoms with Crippen molar-refractivity contribution in [2.24, 2.45) is 0 Å². The molecule has 0 bridgehead atoms. The number of anilines is 1. The summed E-state index contributed by atoms with van der Waals surface area (Å²) in [6.45, 7) is 8.32. The van der Waals surface area contributed by atoms with Crippen molar-refractivity contribution in [1.82, 2.24) is 4.98 Å². The van der Waals surface area contributed by atoms with Gasteiger partial charge in [0.25, 0.3) is 0 Å². The first-order valence-corrected chi connectivity index (χ1v) is 4.30. The lowest BCUT2D eigenvalue weighted by molar-refractivity contribution is 0.886. The van der Waals surface area contributed by atoms with E-state index in [9.17, 15) is 0 Å².